The second-order valence-corrected chi connectivity index (χ2v) is 10.9. The molecule has 0 unspecified atom stereocenters. The van der Waals surface area contributed by atoms with Crippen LogP contribution in [0.3, 0.4) is 0 Å². The van der Waals surface area contributed by atoms with Gasteiger partial charge in [-0.15, -0.1) is 0 Å². The molecule has 1 heterocycles. The van der Waals surface area contributed by atoms with Gasteiger partial charge in [0.25, 0.3) is 0 Å². The smallest absolute Gasteiger partial charge is 0.245 e. The lowest BCUT2D eigenvalue weighted by atomic mass is 9.95. The van der Waals surface area contributed by atoms with Gasteiger partial charge in [0.05, 0.1) is 32.5 Å². The Balaban J connectivity index is 1.40. The molecular weight excluding hydrogens is 516 g/mol. The molecule has 1 saturated heterocycles. The van der Waals surface area contributed by atoms with Crippen LogP contribution in [0.2, 0.25) is 0 Å². The maximum atomic E-state index is 13.9. The lowest BCUT2D eigenvalue weighted by Gasteiger charge is -2.30. The molecule has 7 heteroatoms. The van der Waals surface area contributed by atoms with Crippen LogP contribution in [0.25, 0.3) is 0 Å². The number of likely N-dealkylation sites (tertiary alicyclic amines) is 1. The number of hydrogen-bond donors (Lipinski definition) is 1. The zero-order valence-electron chi connectivity index (χ0n) is 23.5. The minimum absolute atomic E-state index is 0.108. The highest BCUT2D eigenvalue weighted by Gasteiger charge is 2.53. The van der Waals surface area contributed by atoms with Crippen LogP contribution >= 0.6 is 0 Å². The summed E-state index contributed by atoms with van der Waals surface area (Å²) in [6, 6.07) is 28.4. The van der Waals surface area contributed by atoms with Crippen LogP contribution in [0, 0.1) is 0 Å². The minimum atomic E-state index is -0.829. The van der Waals surface area contributed by atoms with E-state index in [0.29, 0.717) is 19.8 Å². The molecule has 2 amide bonds. The van der Waals surface area contributed by atoms with E-state index < -0.39 is 24.3 Å². The molecule has 0 bridgehead atoms. The van der Waals surface area contributed by atoms with Crippen LogP contribution < -0.4 is 5.32 Å². The quantitative estimate of drug-likeness (QED) is 0.299. The number of benzene rings is 3. The molecule has 1 aliphatic carbocycles. The van der Waals surface area contributed by atoms with E-state index in [1.165, 1.54) is 6.42 Å². The van der Waals surface area contributed by atoms with Crippen LogP contribution in [0.15, 0.2) is 91.0 Å². The lowest BCUT2D eigenvalue weighted by molar-refractivity contribution is -0.138. The van der Waals surface area contributed by atoms with Crippen molar-refractivity contribution in [1.82, 2.24) is 10.2 Å². The SMILES string of the molecule is O=CN1[C@H](COCc2ccccc2)[C@H](OCc2ccccc2)[C@H](OCc2ccccc2)[C@@H]1C(=O)NC1CCCCC1. The Kier molecular flexibility index (Phi) is 10.5. The summed E-state index contributed by atoms with van der Waals surface area (Å²) < 4.78 is 19.2. The Hall–Kier alpha value is -3.52. The molecule has 0 aromatic heterocycles. The van der Waals surface area contributed by atoms with Gasteiger partial charge in [-0.3, -0.25) is 9.59 Å². The zero-order chi connectivity index (χ0) is 28.3. The largest absolute Gasteiger partial charge is 0.375 e. The average Bonchev–Trinajstić information content (AvgIpc) is 3.33. The van der Waals surface area contributed by atoms with Gasteiger partial charge in [-0.25, -0.2) is 0 Å². The van der Waals surface area contributed by atoms with Gasteiger partial charge in [-0.1, -0.05) is 110 Å². The number of rotatable bonds is 13. The first-order valence-corrected chi connectivity index (χ1v) is 14.7. The van der Waals surface area contributed by atoms with Crippen molar-refractivity contribution in [1.29, 1.82) is 0 Å². The van der Waals surface area contributed by atoms with Crippen molar-refractivity contribution >= 4 is 12.3 Å². The predicted molar refractivity (Wildman–Crippen MR) is 157 cm³/mol. The molecule has 2 fully saturated rings. The molecule has 2 aliphatic rings. The predicted octanol–water partition coefficient (Wildman–Crippen LogP) is 5.03. The second-order valence-electron chi connectivity index (χ2n) is 10.9. The van der Waals surface area contributed by atoms with Gasteiger partial charge < -0.3 is 24.4 Å². The topological polar surface area (TPSA) is 77.1 Å². The van der Waals surface area contributed by atoms with Crippen LogP contribution in [0.1, 0.15) is 48.8 Å². The Morgan fingerprint density at radius 2 is 1.24 bits per heavy atom. The summed E-state index contributed by atoms with van der Waals surface area (Å²) in [6.07, 6.45) is 4.81. The number of nitrogens with zero attached hydrogens (tertiary/aromatic N) is 1. The van der Waals surface area contributed by atoms with Gasteiger partial charge in [0.2, 0.25) is 12.3 Å². The van der Waals surface area contributed by atoms with Gasteiger partial charge in [-0.05, 0) is 29.5 Å². The third kappa shape index (κ3) is 7.82. The molecule has 5 rings (SSSR count). The number of amides is 2. The average molecular weight is 557 g/mol. The number of ether oxygens (including phenoxy) is 3. The molecule has 3 aromatic rings. The normalized spacial score (nSPS) is 22.9. The first-order chi connectivity index (χ1) is 20.2. The van der Waals surface area contributed by atoms with Crippen molar-refractivity contribution in [3.05, 3.63) is 108 Å². The summed E-state index contributed by atoms with van der Waals surface area (Å²) in [5.41, 5.74) is 3.03. The minimum Gasteiger partial charge on any atom is -0.375 e. The van der Waals surface area contributed by atoms with Gasteiger partial charge in [0, 0.05) is 6.04 Å². The Labute approximate surface area is 242 Å². The molecule has 0 spiro atoms. The number of carbonyl (C=O) groups is 2. The summed E-state index contributed by atoms with van der Waals surface area (Å²) in [5, 5.41) is 3.23. The van der Waals surface area contributed by atoms with Crippen molar-refractivity contribution in [3.8, 4) is 0 Å². The number of carbonyl (C=O) groups excluding carboxylic acids is 2. The van der Waals surface area contributed by atoms with Crippen LogP contribution in [0.4, 0.5) is 0 Å². The highest BCUT2D eigenvalue weighted by Crippen LogP contribution is 2.32. The van der Waals surface area contributed by atoms with E-state index in [2.05, 4.69) is 5.32 Å². The van der Waals surface area contributed by atoms with Crippen molar-refractivity contribution in [2.75, 3.05) is 6.61 Å². The standard InChI is InChI=1S/C34H40N2O5/c37-25-36-30(24-39-21-26-13-5-1-6-14-26)32(40-22-27-15-7-2-8-16-27)33(41-23-28-17-9-3-10-18-28)31(36)34(38)35-29-19-11-4-12-20-29/h1-3,5-10,13-18,25,29-33H,4,11-12,19-24H2,(H,35,38)/t30-,31-,32+,33-/m1/s1. The molecule has 41 heavy (non-hydrogen) atoms. The summed E-state index contributed by atoms with van der Waals surface area (Å²) in [7, 11) is 0. The maximum absolute atomic E-state index is 13.9. The summed E-state index contributed by atoms with van der Waals surface area (Å²) in [5.74, 6) is -0.194. The molecule has 3 aromatic carbocycles. The van der Waals surface area contributed by atoms with E-state index >= 15 is 0 Å². The summed E-state index contributed by atoms with van der Waals surface area (Å²) in [6.45, 7) is 1.24. The molecule has 7 nitrogen and oxygen atoms in total. The van der Waals surface area contributed by atoms with E-state index in [0.717, 1.165) is 48.8 Å². The second kappa shape index (κ2) is 14.9. The van der Waals surface area contributed by atoms with Gasteiger partial charge in [-0.2, -0.15) is 0 Å². The number of nitrogens with one attached hydrogen (secondary N) is 1. The molecule has 1 aliphatic heterocycles. The third-order valence-electron chi connectivity index (χ3n) is 8.03. The first kappa shape index (κ1) is 29.0. The van der Waals surface area contributed by atoms with Gasteiger partial charge >= 0.3 is 0 Å². The van der Waals surface area contributed by atoms with Crippen molar-refractivity contribution in [2.45, 2.75) is 82.3 Å². The Bertz CT molecular complexity index is 1200. The zero-order valence-corrected chi connectivity index (χ0v) is 23.5. The van der Waals surface area contributed by atoms with Crippen molar-refractivity contribution in [3.63, 3.8) is 0 Å². The fraction of sp³-hybridized carbons (Fsp3) is 0.412. The monoisotopic (exact) mass is 556 g/mol. The van der Waals surface area contributed by atoms with Crippen LogP contribution in [0.5, 0.6) is 0 Å². The molecule has 4 atom stereocenters. The van der Waals surface area contributed by atoms with Gasteiger partial charge in [0.1, 0.15) is 18.2 Å². The summed E-state index contributed by atoms with van der Waals surface area (Å²) >= 11 is 0. The maximum Gasteiger partial charge on any atom is 0.245 e. The van der Waals surface area contributed by atoms with E-state index in [9.17, 15) is 9.59 Å². The Morgan fingerprint density at radius 1 is 0.732 bits per heavy atom. The van der Waals surface area contributed by atoms with Crippen LogP contribution in [-0.2, 0) is 43.6 Å². The van der Waals surface area contributed by atoms with E-state index in [-0.39, 0.29) is 18.6 Å². The van der Waals surface area contributed by atoms with Crippen LogP contribution in [-0.4, -0.2) is 54.2 Å². The van der Waals surface area contributed by atoms with Crippen molar-refractivity contribution in [2.24, 2.45) is 0 Å². The van der Waals surface area contributed by atoms with E-state index in [4.69, 9.17) is 14.2 Å². The van der Waals surface area contributed by atoms with E-state index in [1.54, 1.807) is 4.90 Å². The molecule has 0 radical (unpaired) electrons. The molecular formula is C34H40N2O5. The molecule has 1 saturated carbocycles. The van der Waals surface area contributed by atoms with Gasteiger partial charge in [0.15, 0.2) is 0 Å². The Morgan fingerprint density at radius 3 is 1.78 bits per heavy atom. The third-order valence-corrected chi connectivity index (χ3v) is 8.03. The summed E-state index contributed by atoms with van der Waals surface area (Å²) in [4.78, 5) is 28.1. The van der Waals surface area contributed by atoms with Crippen molar-refractivity contribution < 1.29 is 23.8 Å². The fourth-order valence-corrected chi connectivity index (χ4v) is 5.88. The number of hydrogen-bond acceptors (Lipinski definition) is 5. The van der Waals surface area contributed by atoms with E-state index in [1.807, 2.05) is 91.0 Å². The molecule has 216 valence electrons. The first-order valence-electron chi connectivity index (χ1n) is 14.7. The highest BCUT2D eigenvalue weighted by molar-refractivity contribution is 5.85. The fourth-order valence-electron chi connectivity index (χ4n) is 5.88. The highest BCUT2D eigenvalue weighted by atomic mass is 16.5. The lowest BCUT2D eigenvalue weighted by Crippen LogP contribution is -2.52. The molecule has 1 N–H and O–H groups in total.